The molecule has 2 rings (SSSR count). The lowest BCUT2D eigenvalue weighted by molar-refractivity contribution is -0.0555. The van der Waals surface area contributed by atoms with Crippen LogP contribution in [0.2, 0.25) is 0 Å². The lowest BCUT2D eigenvalue weighted by Gasteiger charge is -2.31. The van der Waals surface area contributed by atoms with Crippen molar-refractivity contribution in [1.29, 1.82) is 0 Å². The molecule has 5 nitrogen and oxygen atoms in total. The van der Waals surface area contributed by atoms with Crippen molar-refractivity contribution in [2.45, 2.75) is 26.1 Å². The number of aliphatic hydroxyl groups excluding tert-OH is 1. The molecule has 0 radical (unpaired) electrons. The molecule has 1 atom stereocenters. The van der Waals surface area contributed by atoms with Gasteiger partial charge in [-0.1, -0.05) is 0 Å². The van der Waals surface area contributed by atoms with E-state index in [0.717, 1.165) is 26.2 Å². The van der Waals surface area contributed by atoms with Gasteiger partial charge in [0.2, 0.25) is 0 Å². The zero-order chi connectivity index (χ0) is 11.4. The third-order valence-electron chi connectivity index (χ3n) is 2.95. The van der Waals surface area contributed by atoms with E-state index in [4.69, 9.17) is 9.84 Å². The van der Waals surface area contributed by atoms with Crippen LogP contribution in [0, 0.1) is 0 Å². The maximum atomic E-state index is 9.07. The average molecular weight is 225 g/mol. The smallest absolute Gasteiger partial charge is 0.0948 e. The molecule has 5 heteroatoms. The molecule has 1 aromatic rings. The van der Waals surface area contributed by atoms with Gasteiger partial charge in [0.05, 0.1) is 31.3 Å². The molecule has 0 bridgehead atoms. The Balaban J connectivity index is 1.93. The van der Waals surface area contributed by atoms with Gasteiger partial charge in [0.25, 0.3) is 0 Å². The topological polar surface area (TPSA) is 50.5 Å². The predicted molar refractivity (Wildman–Crippen MR) is 60.0 cm³/mol. The Bertz CT molecular complexity index is 327. The number of imidazole rings is 1. The van der Waals surface area contributed by atoms with Crippen LogP contribution in [0.3, 0.4) is 0 Å². The molecule has 0 spiro atoms. The van der Waals surface area contributed by atoms with Gasteiger partial charge in [0, 0.05) is 32.4 Å². The second-order valence-electron chi connectivity index (χ2n) is 4.08. The normalized spacial score (nSPS) is 22.5. The lowest BCUT2D eigenvalue weighted by atomic mass is 10.2. The van der Waals surface area contributed by atoms with Gasteiger partial charge in [0.15, 0.2) is 0 Å². The summed E-state index contributed by atoms with van der Waals surface area (Å²) in [6.45, 7) is 6.46. The van der Waals surface area contributed by atoms with Crippen LogP contribution in [-0.4, -0.2) is 52.0 Å². The van der Waals surface area contributed by atoms with Gasteiger partial charge in [-0.25, -0.2) is 4.98 Å². The quantitative estimate of drug-likeness (QED) is 0.789. The van der Waals surface area contributed by atoms with Crippen LogP contribution in [0.25, 0.3) is 0 Å². The first-order valence-electron chi connectivity index (χ1n) is 5.77. The third-order valence-corrected chi connectivity index (χ3v) is 2.95. The molecule has 90 valence electrons. The molecular formula is C11H19N3O2. The Hall–Kier alpha value is -0.910. The molecule has 1 unspecified atom stereocenters. The summed E-state index contributed by atoms with van der Waals surface area (Å²) in [6, 6.07) is 0. The van der Waals surface area contributed by atoms with Crippen LogP contribution in [0.4, 0.5) is 0 Å². The average Bonchev–Trinajstić information content (AvgIpc) is 2.76. The van der Waals surface area contributed by atoms with Crippen molar-refractivity contribution in [2.75, 3.05) is 26.3 Å². The van der Waals surface area contributed by atoms with Crippen molar-refractivity contribution in [3.8, 4) is 0 Å². The van der Waals surface area contributed by atoms with Crippen molar-refractivity contribution < 1.29 is 9.84 Å². The summed E-state index contributed by atoms with van der Waals surface area (Å²) in [5.41, 5.74) is 1.22. The number of hydrogen-bond donors (Lipinski definition) is 1. The van der Waals surface area contributed by atoms with Crippen molar-refractivity contribution in [1.82, 2.24) is 14.5 Å². The molecule has 2 heterocycles. The van der Waals surface area contributed by atoms with Gasteiger partial charge in [-0.05, 0) is 6.92 Å². The molecule has 0 aliphatic carbocycles. The minimum atomic E-state index is -0.0354. The molecule has 1 aromatic heterocycles. The first-order chi connectivity index (χ1) is 7.83. The van der Waals surface area contributed by atoms with Crippen LogP contribution < -0.4 is 0 Å². The molecule has 1 fully saturated rings. The van der Waals surface area contributed by atoms with Crippen LogP contribution in [0.15, 0.2) is 12.5 Å². The van der Waals surface area contributed by atoms with Crippen LogP contribution in [-0.2, 0) is 17.8 Å². The van der Waals surface area contributed by atoms with Gasteiger partial charge in [-0.15, -0.1) is 0 Å². The maximum absolute atomic E-state index is 9.07. The molecule has 0 amide bonds. The molecule has 1 saturated heterocycles. The Kier molecular flexibility index (Phi) is 3.93. The number of aryl methyl sites for hydroxylation is 1. The largest absolute Gasteiger partial charge is 0.394 e. The van der Waals surface area contributed by atoms with Gasteiger partial charge in [0.1, 0.15) is 0 Å². The number of ether oxygens (including phenoxy) is 1. The minimum Gasteiger partial charge on any atom is -0.394 e. The number of hydrogen-bond acceptors (Lipinski definition) is 4. The highest BCUT2D eigenvalue weighted by Crippen LogP contribution is 2.10. The number of nitrogens with zero attached hydrogens (tertiary/aromatic N) is 3. The molecule has 16 heavy (non-hydrogen) atoms. The Morgan fingerprint density at radius 1 is 1.62 bits per heavy atom. The van der Waals surface area contributed by atoms with Crippen LogP contribution in [0.1, 0.15) is 12.6 Å². The Morgan fingerprint density at radius 2 is 2.50 bits per heavy atom. The van der Waals surface area contributed by atoms with E-state index in [1.807, 2.05) is 12.5 Å². The Morgan fingerprint density at radius 3 is 3.25 bits per heavy atom. The highest BCUT2D eigenvalue weighted by Gasteiger charge is 2.20. The third kappa shape index (κ3) is 2.61. The van der Waals surface area contributed by atoms with Crippen molar-refractivity contribution in [3.63, 3.8) is 0 Å². The zero-order valence-electron chi connectivity index (χ0n) is 9.67. The van der Waals surface area contributed by atoms with Gasteiger partial charge < -0.3 is 14.4 Å². The van der Waals surface area contributed by atoms with E-state index in [1.165, 1.54) is 5.69 Å². The first kappa shape index (κ1) is 11.6. The second-order valence-corrected chi connectivity index (χ2v) is 4.08. The van der Waals surface area contributed by atoms with E-state index in [0.29, 0.717) is 6.61 Å². The summed E-state index contributed by atoms with van der Waals surface area (Å²) in [7, 11) is 0. The van der Waals surface area contributed by atoms with E-state index in [1.54, 1.807) is 0 Å². The molecule has 0 aromatic carbocycles. The minimum absolute atomic E-state index is 0.0354. The summed E-state index contributed by atoms with van der Waals surface area (Å²) < 4.78 is 7.56. The van der Waals surface area contributed by atoms with Gasteiger partial charge >= 0.3 is 0 Å². The monoisotopic (exact) mass is 225 g/mol. The number of aromatic nitrogens is 2. The first-order valence-corrected chi connectivity index (χ1v) is 5.77. The fraction of sp³-hybridized carbons (Fsp3) is 0.727. The van der Waals surface area contributed by atoms with Gasteiger partial charge in [-0.2, -0.15) is 0 Å². The summed E-state index contributed by atoms with van der Waals surface area (Å²) in [6.07, 6.45) is 3.73. The maximum Gasteiger partial charge on any atom is 0.0948 e. The molecule has 1 aliphatic rings. The van der Waals surface area contributed by atoms with E-state index in [-0.39, 0.29) is 12.7 Å². The molecule has 1 aliphatic heterocycles. The highest BCUT2D eigenvalue weighted by atomic mass is 16.5. The fourth-order valence-electron chi connectivity index (χ4n) is 2.03. The number of rotatable bonds is 4. The second kappa shape index (κ2) is 5.43. The SMILES string of the molecule is CCn1cncc1CN1CCOC(CO)C1. The van der Waals surface area contributed by atoms with Crippen molar-refractivity contribution >= 4 is 0 Å². The molecule has 1 N–H and O–H groups in total. The van der Waals surface area contributed by atoms with E-state index in [9.17, 15) is 0 Å². The van der Waals surface area contributed by atoms with Crippen LogP contribution >= 0.6 is 0 Å². The van der Waals surface area contributed by atoms with Crippen LogP contribution in [0.5, 0.6) is 0 Å². The Labute approximate surface area is 95.7 Å². The number of aliphatic hydroxyl groups is 1. The summed E-state index contributed by atoms with van der Waals surface area (Å²) in [5, 5.41) is 9.07. The summed E-state index contributed by atoms with van der Waals surface area (Å²) in [5.74, 6) is 0. The molecular weight excluding hydrogens is 206 g/mol. The standard InChI is InChI=1S/C11H19N3O2/c1-2-14-9-12-5-10(14)6-13-3-4-16-11(7-13)8-15/h5,9,11,15H,2-4,6-8H2,1H3. The lowest BCUT2D eigenvalue weighted by Crippen LogP contribution is -2.43. The van der Waals surface area contributed by atoms with Crippen molar-refractivity contribution in [3.05, 3.63) is 18.2 Å². The summed E-state index contributed by atoms with van der Waals surface area (Å²) >= 11 is 0. The van der Waals surface area contributed by atoms with E-state index in [2.05, 4.69) is 21.4 Å². The zero-order valence-corrected chi connectivity index (χ0v) is 9.67. The summed E-state index contributed by atoms with van der Waals surface area (Å²) in [4.78, 5) is 6.45. The highest BCUT2D eigenvalue weighted by molar-refractivity contribution is 4.98. The van der Waals surface area contributed by atoms with Gasteiger partial charge in [-0.3, -0.25) is 4.90 Å². The fourth-order valence-corrected chi connectivity index (χ4v) is 2.03. The van der Waals surface area contributed by atoms with E-state index >= 15 is 0 Å². The van der Waals surface area contributed by atoms with Crippen molar-refractivity contribution in [2.24, 2.45) is 0 Å². The molecule has 0 saturated carbocycles. The number of morpholine rings is 1. The van der Waals surface area contributed by atoms with E-state index < -0.39 is 0 Å². The predicted octanol–water partition coefficient (Wildman–Crippen LogP) is 0.0961.